The van der Waals surface area contributed by atoms with E-state index in [0.717, 1.165) is 12.3 Å². The maximum atomic E-state index is 12.8. The van der Waals surface area contributed by atoms with Crippen molar-refractivity contribution in [2.45, 2.75) is 22.3 Å². The van der Waals surface area contributed by atoms with E-state index in [0.29, 0.717) is 4.88 Å². The van der Waals surface area contributed by atoms with Crippen LogP contribution in [0.5, 0.6) is 0 Å². The molecule has 26 heavy (non-hydrogen) atoms. The van der Waals surface area contributed by atoms with E-state index in [9.17, 15) is 21.6 Å². The van der Waals surface area contributed by atoms with E-state index >= 15 is 0 Å². The highest BCUT2D eigenvalue weighted by molar-refractivity contribution is 9.10. The molecule has 11 heteroatoms. The first-order valence-electron chi connectivity index (χ1n) is 7.17. The van der Waals surface area contributed by atoms with Crippen molar-refractivity contribution >= 4 is 53.1 Å². The molecular formula is C15H16BrNO6S3. The van der Waals surface area contributed by atoms with Gasteiger partial charge in [0.2, 0.25) is 10.0 Å². The number of sulfone groups is 1. The Morgan fingerprint density at radius 2 is 1.96 bits per heavy atom. The summed E-state index contributed by atoms with van der Waals surface area (Å²) in [5.41, 5.74) is 0. The largest absolute Gasteiger partial charge is 0.469 e. The Morgan fingerprint density at radius 3 is 2.50 bits per heavy atom. The molecule has 0 amide bonds. The Kier molecular flexibility index (Phi) is 6.61. The molecule has 0 spiro atoms. The zero-order valence-corrected chi connectivity index (χ0v) is 17.8. The average Bonchev–Trinajstić information content (AvgIpc) is 3.07. The Hall–Kier alpha value is -1.27. The number of thiophene rings is 1. The van der Waals surface area contributed by atoms with Crippen molar-refractivity contribution in [2.24, 2.45) is 0 Å². The second-order valence-electron chi connectivity index (χ2n) is 5.33. The van der Waals surface area contributed by atoms with Gasteiger partial charge in [0.1, 0.15) is 0 Å². The predicted octanol–water partition coefficient (Wildman–Crippen LogP) is 2.50. The van der Waals surface area contributed by atoms with E-state index in [-0.39, 0.29) is 20.7 Å². The van der Waals surface area contributed by atoms with E-state index in [1.165, 1.54) is 30.6 Å². The van der Waals surface area contributed by atoms with Crippen LogP contribution < -0.4 is 4.72 Å². The molecule has 0 bridgehead atoms. The van der Waals surface area contributed by atoms with Gasteiger partial charge in [0.05, 0.1) is 29.4 Å². The van der Waals surface area contributed by atoms with Crippen molar-refractivity contribution in [3.8, 4) is 0 Å². The standard InChI is InChI=1S/C15H16BrNO6S3/c1-23-15(18)9-12(13-4-3-7-24-13)17-26(21,22)14-8-10(25(2,19)20)5-6-11(14)16/h3-8,12,17H,9H2,1-2H3. The number of hydrogen-bond acceptors (Lipinski definition) is 7. The maximum absolute atomic E-state index is 12.8. The molecule has 0 fully saturated rings. The van der Waals surface area contributed by atoms with Crippen LogP contribution in [0.25, 0.3) is 0 Å². The lowest BCUT2D eigenvalue weighted by Gasteiger charge is -2.17. The normalized spacial score (nSPS) is 13.3. The van der Waals surface area contributed by atoms with Crippen molar-refractivity contribution < 1.29 is 26.4 Å². The highest BCUT2D eigenvalue weighted by Gasteiger charge is 2.27. The zero-order chi connectivity index (χ0) is 19.5. The SMILES string of the molecule is COC(=O)CC(NS(=O)(=O)c1cc(S(C)(=O)=O)ccc1Br)c1cccs1. The molecule has 0 aliphatic heterocycles. The molecule has 0 aliphatic rings. The van der Waals surface area contributed by atoms with Crippen molar-refractivity contribution in [1.29, 1.82) is 0 Å². The molecule has 2 rings (SSSR count). The third-order valence-electron chi connectivity index (χ3n) is 3.40. The lowest BCUT2D eigenvalue weighted by Crippen LogP contribution is -2.30. The second-order valence-corrected chi connectivity index (χ2v) is 10.9. The van der Waals surface area contributed by atoms with E-state index < -0.39 is 31.9 Å². The van der Waals surface area contributed by atoms with Gasteiger partial charge in [0, 0.05) is 15.6 Å². The van der Waals surface area contributed by atoms with Crippen molar-refractivity contribution in [3.05, 3.63) is 45.1 Å². The number of methoxy groups -OCH3 is 1. The molecule has 2 aromatic rings. The minimum absolute atomic E-state index is 0.123. The maximum Gasteiger partial charge on any atom is 0.307 e. The molecule has 1 heterocycles. The van der Waals surface area contributed by atoms with Gasteiger partial charge in [-0.3, -0.25) is 4.79 Å². The van der Waals surface area contributed by atoms with Gasteiger partial charge in [-0.2, -0.15) is 0 Å². The second kappa shape index (κ2) is 8.17. The number of nitrogens with one attached hydrogen (secondary N) is 1. The third kappa shape index (κ3) is 5.13. The number of benzene rings is 1. The van der Waals surface area contributed by atoms with Crippen LogP contribution >= 0.6 is 27.3 Å². The quantitative estimate of drug-likeness (QED) is 0.608. The Bertz CT molecular complexity index is 1000. The Labute approximate surface area is 164 Å². The molecule has 1 atom stereocenters. The minimum Gasteiger partial charge on any atom is -0.469 e. The highest BCUT2D eigenvalue weighted by atomic mass is 79.9. The topological polar surface area (TPSA) is 107 Å². The number of esters is 1. The number of halogens is 1. The fourth-order valence-electron chi connectivity index (χ4n) is 2.11. The monoisotopic (exact) mass is 481 g/mol. The van der Waals surface area contributed by atoms with Crippen molar-refractivity contribution in [3.63, 3.8) is 0 Å². The number of rotatable bonds is 7. The van der Waals surface area contributed by atoms with Gasteiger partial charge < -0.3 is 4.74 Å². The van der Waals surface area contributed by atoms with Gasteiger partial charge >= 0.3 is 5.97 Å². The summed E-state index contributed by atoms with van der Waals surface area (Å²) in [7, 11) is -6.48. The molecule has 0 aliphatic carbocycles. The highest BCUT2D eigenvalue weighted by Crippen LogP contribution is 2.29. The molecular weight excluding hydrogens is 466 g/mol. The number of ether oxygens (including phenoxy) is 1. The summed E-state index contributed by atoms with van der Waals surface area (Å²) < 4.78 is 56.4. The fourth-order valence-corrected chi connectivity index (χ4v) is 5.89. The van der Waals surface area contributed by atoms with Gasteiger partial charge in [-0.05, 0) is 45.6 Å². The Morgan fingerprint density at radius 1 is 1.27 bits per heavy atom. The van der Waals surface area contributed by atoms with Crippen LogP contribution in [-0.2, 0) is 29.4 Å². The van der Waals surface area contributed by atoms with Gasteiger partial charge in [-0.15, -0.1) is 11.3 Å². The summed E-state index contributed by atoms with van der Waals surface area (Å²) in [6.45, 7) is 0. The van der Waals surface area contributed by atoms with Crippen LogP contribution in [0.2, 0.25) is 0 Å². The number of carbonyl (C=O) groups is 1. The molecule has 1 unspecified atom stereocenters. The Balaban J connectivity index is 2.44. The summed E-state index contributed by atoms with van der Waals surface area (Å²) in [4.78, 5) is 11.9. The lowest BCUT2D eigenvalue weighted by molar-refractivity contribution is -0.141. The molecule has 1 aromatic carbocycles. The summed E-state index contributed by atoms with van der Waals surface area (Å²) in [5.74, 6) is -0.574. The first-order chi connectivity index (χ1) is 12.0. The van der Waals surface area contributed by atoms with Crippen LogP contribution in [-0.4, -0.2) is 36.2 Å². The number of sulfonamides is 1. The molecule has 142 valence electrons. The number of hydrogen-bond donors (Lipinski definition) is 1. The van der Waals surface area contributed by atoms with Crippen LogP contribution in [0.15, 0.2) is 50.0 Å². The van der Waals surface area contributed by atoms with Crippen LogP contribution in [0.1, 0.15) is 17.3 Å². The van der Waals surface area contributed by atoms with E-state index in [2.05, 4.69) is 25.4 Å². The summed E-state index contributed by atoms with van der Waals surface area (Å²) in [6.07, 6.45) is 0.797. The smallest absolute Gasteiger partial charge is 0.307 e. The van der Waals surface area contributed by atoms with E-state index in [1.807, 2.05) is 0 Å². The average molecular weight is 482 g/mol. The van der Waals surface area contributed by atoms with Gasteiger partial charge in [-0.25, -0.2) is 21.6 Å². The van der Waals surface area contributed by atoms with E-state index in [4.69, 9.17) is 0 Å². The summed E-state index contributed by atoms with van der Waals surface area (Å²) >= 11 is 4.42. The third-order valence-corrected chi connectivity index (χ3v) is 7.96. The summed E-state index contributed by atoms with van der Waals surface area (Å²) in [5, 5.41) is 1.76. The van der Waals surface area contributed by atoms with Crippen LogP contribution in [0.4, 0.5) is 0 Å². The van der Waals surface area contributed by atoms with Crippen molar-refractivity contribution in [1.82, 2.24) is 4.72 Å². The predicted molar refractivity (Wildman–Crippen MR) is 101 cm³/mol. The lowest BCUT2D eigenvalue weighted by atomic mass is 10.2. The molecule has 1 N–H and O–H groups in total. The molecule has 0 saturated carbocycles. The van der Waals surface area contributed by atoms with Gasteiger partial charge in [0.15, 0.2) is 9.84 Å². The first kappa shape index (κ1) is 21.0. The van der Waals surface area contributed by atoms with Gasteiger partial charge in [0.25, 0.3) is 0 Å². The van der Waals surface area contributed by atoms with E-state index in [1.54, 1.807) is 17.5 Å². The molecule has 7 nitrogen and oxygen atoms in total. The molecule has 0 saturated heterocycles. The fraction of sp³-hybridized carbons (Fsp3) is 0.267. The van der Waals surface area contributed by atoms with Crippen molar-refractivity contribution in [2.75, 3.05) is 13.4 Å². The first-order valence-corrected chi connectivity index (χ1v) is 12.2. The van der Waals surface area contributed by atoms with Crippen LogP contribution in [0, 0.1) is 0 Å². The zero-order valence-electron chi connectivity index (χ0n) is 13.8. The minimum atomic E-state index is -4.12. The van der Waals surface area contributed by atoms with Crippen LogP contribution in [0.3, 0.4) is 0 Å². The van der Waals surface area contributed by atoms with Gasteiger partial charge in [-0.1, -0.05) is 6.07 Å². The number of carbonyl (C=O) groups excluding carboxylic acids is 1. The summed E-state index contributed by atoms with van der Waals surface area (Å²) in [6, 6.07) is 6.34. The molecule has 1 aromatic heterocycles. The molecule has 0 radical (unpaired) electrons.